The minimum absolute atomic E-state index is 0.409. The molecule has 2 unspecified atom stereocenters. The Labute approximate surface area is 132 Å². The molecule has 2 aromatic rings. The van der Waals surface area contributed by atoms with E-state index in [1.165, 1.54) is 32.9 Å². The highest BCUT2D eigenvalue weighted by Gasteiger charge is 2.31. The first-order chi connectivity index (χ1) is 10.2. The summed E-state index contributed by atoms with van der Waals surface area (Å²) >= 11 is 1.99. The molecule has 0 fully saturated rings. The van der Waals surface area contributed by atoms with Crippen LogP contribution < -0.4 is 5.32 Å². The molecule has 1 nitrogen and oxygen atoms in total. The van der Waals surface area contributed by atoms with Crippen LogP contribution in [0.25, 0.3) is 0 Å². The third kappa shape index (κ3) is 2.88. The van der Waals surface area contributed by atoms with Crippen molar-refractivity contribution in [3.8, 4) is 0 Å². The molecule has 2 aromatic carbocycles. The molecule has 0 saturated carbocycles. The van der Waals surface area contributed by atoms with Crippen molar-refractivity contribution in [1.82, 2.24) is 5.32 Å². The van der Waals surface area contributed by atoms with Crippen LogP contribution in [-0.2, 0) is 0 Å². The van der Waals surface area contributed by atoms with E-state index < -0.39 is 0 Å². The largest absolute Gasteiger partial charge is 0.310 e. The summed E-state index contributed by atoms with van der Waals surface area (Å²) in [5.41, 5.74) is 5.70. The van der Waals surface area contributed by atoms with Gasteiger partial charge in [-0.05, 0) is 43.1 Å². The predicted octanol–water partition coefficient (Wildman–Crippen LogP) is 4.84. The summed E-state index contributed by atoms with van der Waals surface area (Å²) in [6.45, 7) is 7.60. The van der Waals surface area contributed by atoms with Crippen LogP contribution in [0.1, 0.15) is 41.1 Å². The zero-order valence-electron chi connectivity index (χ0n) is 13.0. The number of rotatable bonds is 4. The first-order valence-corrected chi connectivity index (χ1v) is 8.71. The number of likely N-dealkylation sites (N-methyl/N-ethyl adjacent to an activating group) is 1. The summed E-state index contributed by atoms with van der Waals surface area (Å²) in [7, 11) is 0. The summed E-state index contributed by atoms with van der Waals surface area (Å²) in [5, 5.41) is 3.73. The van der Waals surface area contributed by atoms with Gasteiger partial charge in [0.15, 0.2) is 0 Å². The SMILES string of the molecule is CCNC(c1ccc(C)cc1C)C1CSc2ccccc21. The van der Waals surface area contributed by atoms with E-state index in [-0.39, 0.29) is 0 Å². The minimum Gasteiger partial charge on any atom is -0.310 e. The molecule has 1 aliphatic heterocycles. The van der Waals surface area contributed by atoms with E-state index in [4.69, 9.17) is 0 Å². The van der Waals surface area contributed by atoms with Gasteiger partial charge >= 0.3 is 0 Å². The van der Waals surface area contributed by atoms with Gasteiger partial charge in [0.2, 0.25) is 0 Å². The molecule has 0 radical (unpaired) electrons. The van der Waals surface area contributed by atoms with Crippen molar-refractivity contribution in [2.75, 3.05) is 12.3 Å². The Kier molecular flexibility index (Phi) is 4.37. The van der Waals surface area contributed by atoms with Crippen molar-refractivity contribution >= 4 is 11.8 Å². The van der Waals surface area contributed by atoms with Gasteiger partial charge in [-0.25, -0.2) is 0 Å². The van der Waals surface area contributed by atoms with Crippen molar-refractivity contribution in [2.24, 2.45) is 0 Å². The van der Waals surface area contributed by atoms with Crippen LogP contribution in [-0.4, -0.2) is 12.3 Å². The van der Waals surface area contributed by atoms with E-state index >= 15 is 0 Å². The first kappa shape index (κ1) is 14.7. The number of benzene rings is 2. The summed E-state index contributed by atoms with van der Waals surface area (Å²) < 4.78 is 0. The standard InChI is InChI=1S/C19H23NS/c1-4-20-19(15-10-9-13(2)11-14(15)3)17-12-21-18-8-6-5-7-16(17)18/h5-11,17,19-20H,4,12H2,1-3H3. The number of fused-ring (bicyclic) bond motifs is 1. The Morgan fingerprint density at radius 1 is 1.19 bits per heavy atom. The molecule has 0 spiro atoms. The second-order valence-electron chi connectivity index (χ2n) is 5.85. The Balaban J connectivity index is 1.99. The molecule has 2 heteroatoms. The highest BCUT2D eigenvalue weighted by molar-refractivity contribution is 7.99. The fourth-order valence-electron chi connectivity index (χ4n) is 3.33. The lowest BCUT2D eigenvalue weighted by Crippen LogP contribution is -2.28. The fraction of sp³-hybridized carbons (Fsp3) is 0.368. The number of aryl methyl sites for hydroxylation is 2. The number of thioether (sulfide) groups is 1. The van der Waals surface area contributed by atoms with Crippen LogP contribution in [0.15, 0.2) is 47.4 Å². The van der Waals surface area contributed by atoms with E-state index in [2.05, 4.69) is 68.6 Å². The average molecular weight is 297 g/mol. The Hall–Kier alpha value is -1.25. The van der Waals surface area contributed by atoms with Gasteiger partial charge in [-0.15, -0.1) is 11.8 Å². The van der Waals surface area contributed by atoms with Gasteiger partial charge in [0, 0.05) is 22.6 Å². The van der Waals surface area contributed by atoms with Crippen molar-refractivity contribution in [2.45, 2.75) is 37.6 Å². The van der Waals surface area contributed by atoms with E-state index in [0.717, 1.165) is 6.54 Å². The minimum atomic E-state index is 0.409. The number of hydrogen-bond donors (Lipinski definition) is 1. The molecule has 2 atom stereocenters. The van der Waals surface area contributed by atoms with Crippen molar-refractivity contribution < 1.29 is 0 Å². The second-order valence-corrected chi connectivity index (χ2v) is 6.91. The monoisotopic (exact) mass is 297 g/mol. The Bertz CT molecular complexity index is 635. The van der Waals surface area contributed by atoms with Crippen LogP contribution in [0.4, 0.5) is 0 Å². The molecule has 0 amide bonds. The molecule has 1 aliphatic rings. The van der Waals surface area contributed by atoms with Crippen molar-refractivity contribution in [3.63, 3.8) is 0 Å². The normalized spacial score (nSPS) is 18.5. The maximum absolute atomic E-state index is 3.73. The summed E-state index contributed by atoms with van der Waals surface area (Å²) in [6, 6.07) is 16.1. The highest BCUT2D eigenvalue weighted by atomic mass is 32.2. The maximum Gasteiger partial charge on any atom is 0.0400 e. The van der Waals surface area contributed by atoms with Gasteiger partial charge in [0.05, 0.1) is 0 Å². The lowest BCUT2D eigenvalue weighted by atomic mass is 9.86. The van der Waals surface area contributed by atoms with Crippen LogP contribution in [0, 0.1) is 13.8 Å². The molecule has 1 heterocycles. The summed E-state index contributed by atoms with van der Waals surface area (Å²) in [4.78, 5) is 1.45. The lowest BCUT2D eigenvalue weighted by Gasteiger charge is -2.27. The van der Waals surface area contributed by atoms with Gasteiger partial charge in [-0.2, -0.15) is 0 Å². The third-order valence-electron chi connectivity index (χ3n) is 4.32. The number of nitrogens with one attached hydrogen (secondary N) is 1. The molecular formula is C19H23NS. The van der Waals surface area contributed by atoms with Gasteiger partial charge in [-0.3, -0.25) is 0 Å². The van der Waals surface area contributed by atoms with Gasteiger partial charge < -0.3 is 5.32 Å². The van der Waals surface area contributed by atoms with Gasteiger partial charge in [-0.1, -0.05) is 48.9 Å². The second kappa shape index (κ2) is 6.25. The zero-order valence-corrected chi connectivity index (χ0v) is 13.8. The smallest absolute Gasteiger partial charge is 0.0400 e. The number of hydrogen-bond acceptors (Lipinski definition) is 2. The van der Waals surface area contributed by atoms with E-state index in [1.54, 1.807) is 0 Å². The quantitative estimate of drug-likeness (QED) is 0.866. The van der Waals surface area contributed by atoms with E-state index in [0.29, 0.717) is 12.0 Å². The van der Waals surface area contributed by atoms with Crippen LogP contribution in [0.3, 0.4) is 0 Å². The fourth-order valence-corrected chi connectivity index (χ4v) is 4.62. The zero-order chi connectivity index (χ0) is 14.8. The molecular weight excluding hydrogens is 274 g/mol. The lowest BCUT2D eigenvalue weighted by molar-refractivity contribution is 0.483. The molecule has 3 rings (SSSR count). The molecule has 0 aliphatic carbocycles. The first-order valence-electron chi connectivity index (χ1n) is 7.73. The topological polar surface area (TPSA) is 12.0 Å². The molecule has 1 N–H and O–H groups in total. The summed E-state index contributed by atoms with van der Waals surface area (Å²) in [6.07, 6.45) is 0. The van der Waals surface area contributed by atoms with E-state index in [9.17, 15) is 0 Å². The van der Waals surface area contributed by atoms with Crippen LogP contribution in [0.2, 0.25) is 0 Å². The maximum atomic E-state index is 3.73. The highest BCUT2D eigenvalue weighted by Crippen LogP contribution is 2.45. The molecule has 0 bridgehead atoms. The van der Waals surface area contributed by atoms with Crippen molar-refractivity contribution in [1.29, 1.82) is 0 Å². The Morgan fingerprint density at radius 3 is 2.76 bits per heavy atom. The van der Waals surface area contributed by atoms with E-state index in [1.807, 2.05) is 11.8 Å². The van der Waals surface area contributed by atoms with Crippen LogP contribution in [0.5, 0.6) is 0 Å². The van der Waals surface area contributed by atoms with Gasteiger partial charge in [0.1, 0.15) is 0 Å². The molecule has 0 saturated heterocycles. The molecule has 110 valence electrons. The van der Waals surface area contributed by atoms with Gasteiger partial charge in [0.25, 0.3) is 0 Å². The summed E-state index contributed by atoms with van der Waals surface area (Å²) in [5.74, 6) is 1.73. The average Bonchev–Trinajstić information content (AvgIpc) is 2.89. The molecule has 21 heavy (non-hydrogen) atoms. The van der Waals surface area contributed by atoms with Crippen molar-refractivity contribution in [3.05, 3.63) is 64.7 Å². The predicted molar refractivity (Wildman–Crippen MR) is 92.2 cm³/mol. The van der Waals surface area contributed by atoms with Crippen LogP contribution >= 0.6 is 11.8 Å². The Morgan fingerprint density at radius 2 is 2.00 bits per heavy atom. The molecule has 0 aromatic heterocycles. The third-order valence-corrected chi connectivity index (χ3v) is 5.53.